The SMILES string of the molecule is Oc1ccc(C2CCc3ccccc3C2)c(NCCCc2ccc(OCCN3CCCCCC3)cc2)c1. The molecule has 1 aliphatic carbocycles. The Labute approximate surface area is 222 Å². The highest BCUT2D eigenvalue weighted by Gasteiger charge is 2.22. The largest absolute Gasteiger partial charge is 0.508 e. The molecule has 3 aromatic rings. The molecule has 1 aliphatic heterocycles. The van der Waals surface area contributed by atoms with Gasteiger partial charge < -0.3 is 15.2 Å². The van der Waals surface area contributed by atoms with E-state index in [0.29, 0.717) is 11.7 Å². The number of benzene rings is 3. The second kappa shape index (κ2) is 13.0. The Morgan fingerprint density at radius 2 is 1.68 bits per heavy atom. The Kier molecular flexibility index (Phi) is 9.02. The number of ether oxygens (including phenoxy) is 1. The van der Waals surface area contributed by atoms with Crippen LogP contribution in [-0.4, -0.2) is 42.8 Å². The van der Waals surface area contributed by atoms with Crippen molar-refractivity contribution in [3.8, 4) is 11.5 Å². The lowest BCUT2D eigenvalue weighted by Crippen LogP contribution is -2.29. The highest BCUT2D eigenvalue weighted by molar-refractivity contribution is 5.57. The first kappa shape index (κ1) is 25.7. The molecule has 4 heteroatoms. The molecule has 1 saturated heterocycles. The Morgan fingerprint density at radius 1 is 0.892 bits per heavy atom. The summed E-state index contributed by atoms with van der Waals surface area (Å²) in [7, 11) is 0. The Bertz CT molecular complexity index is 1120. The maximum Gasteiger partial charge on any atom is 0.119 e. The normalized spacial score (nSPS) is 18.1. The zero-order chi connectivity index (χ0) is 25.3. The summed E-state index contributed by atoms with van der Waals surface area (Å²) in [6.07, 6.45) is 10.8. The fourth-order valence-corrected chi connectivity index (χ4v) is 5.94. The van der Waals surface area contributed by atoms with Gasteiger partial charge in [-0.05, 0) is 104 Å². The number of likely N-dealkylation sites (tertiary alicyclic amines) is 1. The molecule has 5 rings (SSSR count). The molecule has 0 aromatic heterocycles. The summed E-state index contributed by atoms with van der Waals surface area (Å²) >= 11 is 0. The second-order valence-corrected chi connectivity index (χ2v) is 10.8. The maximum atomic E-state index is 10.1. The summed E-state index contributed by atoms with van der Waals surface area (Å²) in [5.41, 5.74) is 6.70. The van der Waals surface area contributed by atoms with E-state index in [2.05, 4.69) is 64.8 Å². The van der Waals surface area contributed by atoms with Gasteiger partial charge in [-0.2, -0.15) is 0 Å². The number of phenols is 1. The van der Waals surface area contributed by atoms with Crippen LogP contribution in [0.25, 0.3) is 0 Å². The molecule has 1 atom stereocenters. The van der Waals surface area contributed by atoms with Crippen molar-refractivity contribution in [2.75, 3.05) is 38.1 Å². The number of aryl methyl sites for hydroxylation is 2. The molecule has 2 N–H and O–H groups in total. The van der Waals surface area contributed by atoms with Gasteiger partial charge in [0.1, 0.15) is 18.1 Å². The lowest BCUT2D eigenvalue weighted by atomic mass is 9.79. The molecule has 1 fully saturated rings. The smallest absolute Gasteiger partial charge is 0.119 e. The van der Waals surface area contributed by atoms with Crippen molar-refractivity contribution >= 4 is 5.69 Å². The number of rotatable bonds is 10. The molecule has 2 aliphatic rings. The van der Waals surface area contributed by atoms with Crippen molar-refractivity contribution in [2.24, 2.45) is 0 Å². The van der Waals surface area contributed by atoms with Crippen LogP contribution in [0.3, 0.4) is 0 Å². The summed E-state index contributed by atoms with van der Waals surface area (Å²) in [5, 5.41) is 13.8. The summed E-state index contributed by atoms with van der Waals surface area (Å²) in [6, 6.07) is 23.3. The number of nitrogens with one attached hydrogen (secondary N) is 1. The van der Waals surface area contributed by atoms with E-state index in [1.807, 2.05) is 12.1 Å². The maximum absolute atomic E-state index is 10.1. The van der Waals surface area contributed by atoms with Crippen molar-refractivity contribution in [1.82, 2.24) is 4.90 Å². The lowest BCUT2D eigenvalue weighted by molar-refractivity contribution is 0.214. The molecule has 0 saturated carbocycles. The van der Waals surface area contributed by atoms with Crippen LogP contribution in [-0.2, 0) is 19.3 Å². The standard InChI is InChI=1S/C33H42N2O2/c36-30-15-18-32(29-14-13-27-9-3-4-10-28(27)24-29)33(25-30)34-19-7-8-26-11-16-31(17-12-26)37-23-22-35-20-5-1-2-6-21-35/h3-4,9-12,15-18,25,29,34,36H,1-2,5-8,13-14,19-24H2. The topological polar surface area (TPSA) is 44.7 Å². The molecule has 196 valence electrons. The van der Waals surface area contributed by atoms with E-state index in [4.69, 9.17) is 4.74 Å². The van der Waals surface area contributed by atoms with E-state index in [9.17, 15) is 5.11 Å². The average molecular weight is 499 g/mol. The quantitative estimate of drug-likeness (QED) is 0.297. The van der Waals surface area contributed by atoms with Crippen LogP contribution in [0, 0.1) is 0 Å². The first-order valence-corrected chi connectivity index (χ1v) is 14.3. The van der Waals surface area contributed by atoms with Gasteiger partial charge in [0.25, 0.3) is 0 Å². The van der Waals surface area contributed by atoms with Gasteiger partial charge in [-0.1, -0.05) is 55.3 Å². The Hall–Kier alpha value is -2.98. The summed E-state index contributed by atoms with van der Waals surface area (Å²) in [6.45, 7) is 5.11. The number of aromatic hydroxyl groups is 1. The van der Waals surface area contributed by atoms with Gasteiger partial charge in [0.2, 0.25) is 0 Å². The van der Waals surface area contributed by atoms with Crippen molar-refractivity contribution in [1.29, 1.82) is 0 Å². The third-order valence-corrected chi connectivity index (χ3v) is 8.08. The third-order valence-electron chi connectivity index (χ3n) is 8.08. The van der Waals surface area contributed by atoms with Crippen LogP contribution in [0.1, 0.15) is 66.7 Å². The van der Waals surface area contributed by atoms with Crippen LogP contribution in [0.15, 0.2) is 66.7 Å². The summed E-state index contributed by atoms with van der Waals surface area (Å²) in [5.74, 6) is 1.79. The lowest BCUT2D eigenvalue weighted by Gasteiger charge is -2.27. The highest BCUT2D eigenvalue weighted by atomic mass is 16.5. The number of hydrogen-bond acceptors (Lipinski definition) is 4. The average Bonchev–Trinajstić information content (AvgIpc) is 3.21. The van der Waals surface area contributed by atoms with Crippen molar-refractivity contribution in [2.45, 2.75) is 63.7 Å². The minimum absolute atomic E-state index is 0.328. The molecule has 37 heavy (non-hydrogen) atoms. The van der Waals surface area contributed by atoms with Crippen LogP contribution in [0.5, 0.6) is 11.5 Å². The van der Waals surface area contributed by atoms with E-state index in [0.717, 1.165) is 63.2 Å². The molecular formula is C33H42N2O2. The van der Waals surface area contributed by atoms with Crippen molar-refractivity contribution in [3.05, 3.63) is 89.0 Å². The Morgan fingerprint density at radius 3 is 2.49 bits per heavy atom. The molecule has 4 nitrogen and oxygen atoms in total. The van der Waals surface area contributed by atoms with Crippen LogP contribution < -0.4 is 10.1 Å². The monoisotopic (exact) mass is 498 g/mol. The Balaban J connectivity index is 1.08. The van der Waals surface area contributed by atoms with Gasteiger partial charge in [-0.15, -0.1) is 0 Å². The highest BCUT2D eigenvalue weighted by Crippen LogP contribution is 2.37. The van der Waals surface area contributed by atoms with E-state index < -0.39 is 0 Å². The minimum atomic E-state index is 0.328. The van der Waals surface area contributed by atoms with Crippen LogP contribution in [0.2, 0.25) is 0 Å². The van der Waals surface area contributed by atoms with Gasteiger partial charge in [-0.3, -0.25) is 4.90 Å². The molecule has 0 bridgehead atoms. The second-order valence-electron chi connectivity index (χ2n) is 10.8. The number of hydrogen-bond donors (Lipinski definition) is 2. The zero-order valence-corrected chi connectivity index (χ0v) is 22.1. The number of nitrogens with zero attached hydrogens (tertiary/aromatic N) is 1. The first-order valence-electron chi connectivity index (χ1n) is 14.3. The molecule has 0 amide bonds. The van der Waals surface area contributed by atoms with Gasteiger partial charge in [0.15, 0.2) is 0 Å². The molecule has 3 aromatic carbocycles. The molecular weight excluding hydrogens is 456 g/mol. The van der Waals surface area contributed by atoms with Gasteiger partial charge in [-0.25, -0.2) is 0 Å². The predicted molar refractivity (Wildman–Crippen MR) is 153 cm³/mol. The summed E-state index contributed by atoms with van der Waals surface area (Å²) < 4.78 is 6.01. The number of fused-ring (bicyclic) bond motifs is 1. The molecule has 0 radical (unpaired) electrons. The minimum Gasteiger partial charge on any atom is -0.508 e. The van der Waals surface area contributed by atoms with E-state index in [1.165, 1.54) is 61.0 Å². The zero-order valence-electron chi connectivity index (χ0n) is 22.1. The van der Waals surface area contributed by atoms with Gasteiger partial charge in [0.05, 0.1) is 0 Å². The molecule has 1 unspecified atom stereocenters. The fraction of sp³-hybridized carbons (Fsp3) is 0.455. The van der Waals surface area contributed by atoms with Crippen LogP contribution in [0.4, 0.5) is 5.69 Å². The van der Waals surface area contributed by atoms with Crippen molar-refractivity contribution in [3.63, 3.8) is 0 Å². The van der Waals surface area contributed by atoms with Crippen molar-refractivity contribution < 1.29 is 9.84 Å². The predicted octanol–water partition coefficient (Wildman–Crippen LogP) is 6.96. The van der Waals surface area contributed by atoms with Crippen LogP contribution >= 0.6 is 0 Å². The molecule has 1 heterocycles. The van der Waals surface area contributed by atoms with Gasteiger partial charge >= 0.3 is 0 Å². The van der Waals surface area contributed by atoms with E-state index >= 15 is 0 Å². The third kappa shape index (κ3) is 7.29. The fourth-order valence-electron chi connectivity index (χ4n) is 5.94. The number of anilines is 1. The van der Waals surface area contributed by atoms with E-state index in [1.54, 1.807) is 0 Å². The molecule has 0 spiro atoms. The van der Waals surface area contributed by atoms with E-state index in [-0.39, 0.29) is 0 Å². The van der Waals surface area contributed by atoms with Gasteiger partial charge in [0, 0.05) is 24.8 Å². The first-order chi connectivity index (χ1) is 18.2. The number of phenolic OH excluding ortho intramolecular Hbond substituents is 1. The summed E-state index contributed by atoms with van der Waals surface area (Å²) in [4.78, 5) is 2.54.